The van der Waals surface area contributed by atoms with Gasteiger partial charge in [0.05, 0.1) is 0 Å². The first kappa shape index (κ1) is 10.2. The smallest absolute Gasteiger partial charge is 0.273 e. The Hall–Kier alpha value is -0.940. The molecule has 1 heterocycles. The molecule has 1 atom stereocenters. The Morgan fingerprint density at radius 1 is 1.31 bits per heavy atom. The molecule has 1 aromatic heterocycles. The summed E-state index contributed by atoms with van der Waals surface area (Å²) in [6, 6.07) is 7.27. The molecule has 5 heteroatoms. The number of benzene rings is 1. The number of H-pyrrole nitrogens is 1. The number of rotatable bonds is 1. The molecule has 1 saturated carbocycles. The first-order valence-electron chi connectivity index (χ1n) is 4.88. The minimum Gasteiger partial charge on any atom is -0.357 e. The molecule has 2 nitrogen and oxygen atoms in total. The summed E-state index contributed by atoms with van der Waals surface area (Å²) >= 11 is 3.34. The van der Waals surface area contributed by atoms with Crippen LogP contribution >= 0.6 is 15.9 Å². The maximum absolute atomic E-state index is 13.1. The van der Waals surface area contributed by atoms with Gasteiger partial charge in [0, 0.05) is 27.5 Å². The average molecular weight is 287 g/mol. The van der Waals surface area contributed by atoms with Crippen LogP contribution in [-0.2, 0) is 5.54 Å². The molecule has 0 bridgehead atoms. The predicted molar refractivity (Wildman–Crippen MR) is 61.4 cm³/mol. The highest BCUT2D eigenvalue weighted by Gasteiger charge is 2.70. The SMILES string of the molecule is NC1(c2cc3cc(Br)ccc3[nH]2)CC1(F)F. The van der Waals surface area contributed by atoms with Gasteiger partial charge in [-0.05, 0) is 24.3 Å². The fraction of sp³-hybridized carbons (Fsp3) is 0.273. The van der Waals surface area contributed by atoms with Crippen molar-refractivity contribution >= 4 is 26.8 Å². The van der Waals surface area contributed by atoms with Crippen molar-refractivity contribution < 1.29 is 8.78 Å². The van der Waals surface area contributed by atoms with E-state index >= 15 is 0 Å². The van der Waals surface area contributed by atoms with E-state index in [1.807, 2.05) is 18.2 Å². The summed E-state index contributed by atoms with van der Waals surface area (Å²) in [5, 5.41) is 0.886. The summed E-state index contributed by atoms with van der Waals surface area (Å²) in [5.41, 5.74) is 5.39. The molecule has 0 radical (unpaired) electrons. The monoisotopic (exact) mass is 286 g/mol. The highest BCUT2D eigenvalue weighted by atomic mass is 79.9. The molecule has 0 saturated heterocycles. The molecule has 0 aliphatic heterocycles. The van der Waals surface area contributed by atoms with Crippen LogP contribution in [0.25, 0.3) is 10.9 Å². The Morgan fingerprint density at radius 3 is 2.62 bits per heavy atom. The lowest BCUT2D eigenvalue weighted by atomic mass is 10.2. The van der Waals surface area contributed by atoms with Gasteiger partial charge in [-0.15, -0.1) is 0 Å². The number of hydrogen-bond acceptors (Lipinski definition) is 1. The number of fused-ring (bicyclic) bond motifs is 1. The van der Waals surface area contributed by atoms with Gasteiger partial charge in [0.1, 0.15) is 5.54 Å². The Balaban J connectivity index is 2.14. The van der Waals surface area contributed by atoms with E-state index in [0.29, 0.717) is 5.69 Å². The van der Waals surface area contributed by atoms with Crippen LogP contribution in [0.4, 0.5) is 8.78 Å². The van der Waals surface area contributed by atoms with Gasteiger partial charge in [0.25, 0.3) is 5.92 Å². The van der Waals surface area contributed by atoms with Gasteiger partial charge in [-0.2, -0.15) is 0 Å². The van der Waals surface area contributed by atoms with Crippen molar-refractivity contribution in [2.45, 2.75) is 17.9 Å². The van der Waals surface area contributed by atoms with Crippen molar-refractivity contribution in [2.75, 3.05) is 0 Å². The van der Waals surface area contributed by atoms with Crippen molar-refractivity contribution in [2.24, 2.45) is 5.73 Å². The van der Waals surface area contributed by atoms with Gasteiger partial charge >= 0.3 is 0 Å². The van der Waals surface area contributed by atoms with Crippen molar-refractivity contribution in [3.05, 3.63) is 34.4 Å². The molecule has 1 aliphatic carbocycles. The molecule has 3 N–H and O–H groups in total. The molecule has 84 valence electrons. The first-order chi connectivity index (χ1) is 7.42. The second-order valence-electron chi connectivity index (χ2n) is 4.27. The van der Waals surface area contributed by atoms with E-state index in [4.69, 9.17) is 5.73 Å². The fourth-order valence-electron chi connectivity index (χ4n) is 1.94. The fourth-order valence-corrected chi connectivity index (χ4v) is 2.32. The zero-order valence-electron chi connectivity index (χ0n) is 8.23. The molecule has 2 aromatic rings. The number of nitrogens with one attached hydrogen (secondary N) is 1. The topological polar surface area (TPSA) is 41.8 Å². The summed E-state index contributed by atoms with van der Waals surface area (Å²) in [4.78, 5) is 2.96. The van der Waals surface area contributed by atoms with Gasteiger partial charge in [0.2, 0.25) is 0 Å². The van der Waals surface area contributed by atoms with Crippen LogP contribution in [-0.4, -0.2) is 10.9 Å². The molecule has 3 rings (SSSR count). The largest absolute Gasteiger partial charge is 0.357 e. The summed E-state index contributed by atoms with van der Waals surface area (Å²) in [6.45, 7) is 0. The lowest BCUT2D eigenvalue weighted by molar-refractivity contribution is 0.0883. The van der Waals surface area contributed by atoms with Gasteiger partial charge < -0.3 is 10.7 Å². The molecule has 0 spiro atoms. The van der Waals surface area contributed by atoms with E-state index in [9.17, 15) is 8.78 Å². The van der Waals surface area contributed by atoms with Gasteiger partial charge in [-0.25, -0.2) is 8.78 Å². The molecule has 1 aromatic carbocycles. The standard InChI is InChI=1S/C11H9BrF2N2/c12-7-1-2-8-6(3-7)4-9(16-8)10(15)5-11(10,13)14/h1-4,16H,5,15H2. The lowest BCUT2D eigenvalue weighted by Gasteiger charge is -2.06. The van der Waals surface area contributed by atoms with Gasteiger partial charge in [-0.3, -0.25) is 0 Å². The van der Waals surface area contributed by atoms with Crippen LogP contribution in [0.15, 0.2) is 28.7 Å². The van der Waals surface area contributed by atoms with Gasteiger partial charge in [-0.1, -0.05) is 15.9 Å². The average Bonchev–Trinajstić information content (AvgIpc) is 2.60. The zero-order valence-corrected chi connectivity index (χ0v) is 9.81. The maximum Gasteiger partial charge on any atom is 0.273 e. The molecule has 1 fully saturated rings. The second kappa shape index (κ2) is 2.84. The van der Waals surface area contributed by atoms with Crippen LogP contribution in [0.3, 0.4) is 0 Å². The Bertz CT molecular complexity index is 578. The quantitative estimate of drug-likeness (QED) is 0.831. The highest BCUT2D eigenvalue weighted by molar-refractivity contribution is 9.10. The minimum atomic E-state index is -2.79. The van der Waals surface area contributed by atoms with E-state index in [1.54, 1.807) is 6.07 Å². The van der Waals surface area contributed by atoms with Crippen LogP contribution in [0, 0.1) is 0 Å². The number of alkyl halides is 2. The van der Waals surface area contributed by atoms with Crippen LogP contribution in [0.5, 0.6) is 0 Å². The van der Waals surface area contributed by atoms with E-state index in [0.717, 1.165) is 15.4 Å². The van der Waals surface area contributed by atoms with Crippen LogP contribution in [0.1, 0.15) is 12.1 Å². The number of aromatic nitrogens is 1. The third kappa shape index (κ3) is 1.25. The van der Waals surface area contributed by atoms with Crippen LogP contribution < -0.4 is 5.73 Å². The third-order valence-electron chi connectivity index (χ3n) is 3.09. The number of aromatic amines is 1. The summed E-state index contributed by atoms with van der Waals surface area (Å²) in [7, 11) is 0. The van der Waals surface area contributed by atoms with E-state index in [2.05, 4.69) is 20.9 Å². The van der Waals surface area contributed by atoms with Crippen molar-refractivity contribution in [1.82, 2.24) is 4.98 Å². The molecule has 0 amide bonds. The number of nitrogens with two attached hydrogens (primary N) is 1. The third-order valence-corrected chi connectivity index (χ3v) is 3.59. The van der Waals surface area contributed by atoms with Gasteiger partial charge in [0.15, 0.2) is 0 Å². The summed E-state index contributed by atoms with van der Waals surface area (Å²) in [5.74, 6) is -2.79. The van der Waals surface area contributed by atoms with Crippen molar-refractivity contribution in [3.8, 4) is 0 Å². The number of halogens is 3. The Labute approximate surface area is 98.9 Å². The second-order valence-corrected chi connectivity index (χ2v) is 5.18. The minimum absolute atomic E-state index is 0.284. The van der Waals surface area contributed by atoms with E-state index in [1.165, 1.54) is 0 Å². The Kier molecular flexibility index (Phi) is 1.82. The number of hydrogen-bond donors (Lipinski definition) is 2. The molecular weight excluding hydrogens is 278 g/mol. The van der Waals surface area contributed by atoms with E-state index in [-0.39, 0.29) is 6.42 Å². The molecule has 16 heavy (non-hydrogen) atoms. The van der Waals surface area contributed by atoms with Crippen molar-refractivity contribution in [1.29, 1.82) is 0 Å². The summed E-state index contributed by atoms with van der Waals surface area (Å²) in [6.07, 6.45) is -0.284. The normalized spacial score (nSPS) is 27.2. The van der Waals surface area contributed by atoms with Crippen molar-refractivity contribution in [3.63, 3.8) is 0 Å². The first-order valence-corrected chi connectivity index (χ1v) is 5.67. The zero-order chi connectivity index (χ0) is 11.6. The van der Waals surface area contributed by atoms with Crippen LogP contribution in [0.2, 0.25) is 0 Å². The predicted octanol–water partition coefficient (Wildman–Crippen LogP) is 3.12. The Morgan fingerprint density at radius 2 is 2.00 bits per heavy atom. The molecule has 1 aliphatic rings. The maximum atomic E-state index is 13.1. The van der Waals surface area contributed by atoms with E-state index < -0.39 is 11.5 Å². The summed E-state index contributed by atoms with van der Waals surface area (Å²) < 4.78 is 27.2. The highest BCUT2D eigenvalue weighted by Crippen LogP contribution is 2.57. The molecular formula is C11H9BrF2N2. The lowest BCUT2D eigenvalue weighted by Crippen LogP contribution is -2.27. The molecule has 1 unspecified atom stereocenters.